The summed E-state index contributed by atoms with van der Waals surface area (Å²) < 4.78 is 5.77. The normalized spacial score (nSPS) is 18.5. The molecule has 3 heteroatoms. The Labute approximate surface area is 108 Å². The zero-order valence-corrected chi connectivity index (χ0v) is 10.9. The summed E-state index contributed by atoms with van der Waals surface area (Å²) >= 11 is 0. The molecule has 1 amide bonds. The van der Waals surface area contributed by atoms with E-state index in [2.05, 4.69) is 0 Å². The van der Waals surface area contributed by atoms with E-state index in [1.54, 1.807) is 13.2 Å². The highest BCUT2D eigenvalue weighted by Crippen LogP contribution is 2.34. The maximum Gasteiger partial charge on any atom is 0.248 e. The molecule has 1 fully saturated rings. The Kier molecular flexibility index (Phi) is 4.02. The molecule has 18 heavy (non-hydrogen) atoms. The average molecular weight is 247 g/mol. The van der Waals surface area contributed by atoms with Gasteiger partial charge in [0.2, 0.25) is 5.91 Å². The van der Waals surface area contributed by atoms with Crippen LogP contribution in [0.25, 0.3) is 0 Å². The van der Waals surface area contributed by atoms with Gasteiger partial charge >= 0.3 is 0 Å². The SMILES string of the molecule is COC1(Cc2ccccc2C(N)=O)CCCCC1. The van der Waals surface area contributed by atoms with Gasteiger partial charge in [-0.2, -0.15) is 0 Å². The number of methoxy groups -OCH3 is 1. The van der Waals surface area contributed by atoms with Crippen molar-refractivity contribution in [3.63, 3.8) is 0 Å². The van der Waals surface area contributed by atoms with Crippen LogP contribution in [0.3, 0.4) is 0 Å². The molecular weight excluding hydrogens is 226 g/mol. The van der Waals surface area contributed by atoms with E-state index in [1.165, 1.54) is 19.3 Å². The van der Waals surface area contributed by atoms with Crippen LogP contribution in [0.5, 0.6) is 0 Å². The van der Waals surface area contributed by atoms with E-state index in [1.807, 2.05) is 18.2 Å². The predicted molar refractivity (Wildman–Crippen MR) is 71.5 cm³/mol. The van der Waals surface area contributed by atoms with E-state index in [0.717, 1.165) is 24.8 Å². The Balaban J connectivity index is 2.24. The number of amides is 1. The highest BCUT2D eigenvalue weighted by molar-refractivity contribution is 5.94. The third-order valence-electron chi connectivity index (χ3n) is 3.99. The molecule has 3 nitrogen and oxygen atoms in total. The molecule has 0 aromatic heterocycles. The van der Waals surface area contributed by atoms with Crippen LogP contribution < -0.4 is 5.73 Å². The molecule has 0 unspecified atom stereocenters. The fraction of sp³-hybridized carbons (Fsp3) is 0.533. The second-order valence-electron chi connectivity index (χ2n) is 5.15. The summed E-state index contributed by atoms with van der Waals surface area (Å²) in [5, 5.41) is 0. The molecule has 1 aliphatic rings. The summed E-state index contributed by atoms with van der Waals surface area (Å²) in [6, 6.07) is 7.58. The lowest BCUT2D eigenvalue weighted by molar-refractivity contribution is -0.0386. The first-order valence-corrected chi connectivity index (χ1v) is 6.60. The minimum atomic E-state index is -0.354. The van der Waals surface area contributed by atoms with Gasteiger partial charge in [-0.15, -0.1) is 0 Å². The lowest BCUT2D eigenvalue weighted by Gasteiger charge is -2.36. The van der Waals surface area contributed by atoms with Gasteiger partial charge in [0.1, 0.15) is 0 Å². The molecule has 0 atom stereocenters. The number of carbonyl (C=O) groups is 1. The molecule has 2 N–H and O–H groups in total. The molecular formula is C15H21NO2. The van der Waals surface area contributed by atoms with Crippen molar-refractivity contribution in [2.45, 2.75) is 44.1 Å². The Morgan fingerprint density at radius 2 is 1.94 bits per heavy atom. The Hall–Kier alpha value is -1.35. The molecule has 1 saturated carbocycles. The number of hydrogen-bond donors (Lipinski definition) is 1. The molecule has 0 saturated heterocycles. The van der Waals surface area contributed by atoms with Crippen molar-refractivity contribution in [1.82, 2.24) is 0 Å². The molecule has 0 spiro atoms. The number of benzene rings is 1. The molecule has 0 bridgehead atoms. The van der Waals surface area contributed by atoms with Gasteiger partial charge in [0.15, 0.2) is 0 Å². The van der Waals surface area contributed by atoms with Crippen LogP contribution in [-0.2, 0) is 11.2 Å². The van der Waals surface area contributed by atoms with Crippen molar-refractivity contribution >= 4 is 5.91 Å². The molecule has 0 heterocycles. The van der Waals surface area contributed by atoms with Crippen molar-refractivity contribution in [2.75, 3.05) is 7.11 Å². The van der Waals surface area contributed by atoms with Crippen LogP contribution in [0, 0.1) is 0 Å². The van der Waals surface area contributed by atoms with E-state index in [9.17, 15) is 4.79 Å². The minimum absolute atomic E-state index is 0.107. The number of carbonyl (C=O) groups excluding carboxylic acids is 1. The van der Waals surface area contributed by atoms with Crippen molar-refractivity contribution in [1.29, 1.82) is 0 Å². The van der Waals surface area contributed by atoms with Crippen LogP contribution in [0.15, 0.2) is 24.3 Å². The van der Waals surface area contributed by atoms with Gasteiger partial charge < -0.3 is 10.5 Å². The van der Waals surface area contributed by atoms with E-state index < -0.39 is 0 Å². The van der Waals surface area contributed by atoms with Crippen LogP contribution in [0.4, 0.5) is 0 Å². The second kappa shape index (κ2) is 5.53. The third-order valence-corrected chi connectivity index (χ3v) is 3.99. The molecule has 0 aliphatic heterocycles. The van der Waals surface area contributed by atoms with Gasteiger partial charge in [-0.05, 0) is 24.5 Å². The van der Waals surface area contributed by atoms with Gasteiger partial charge in [0, 0.05) is 19.1 Å². The number of rotatable bonds is 4. The first-order valence-electron chi connectivity index (χ1n) is 6.60. The van der Waals surface area contributed by atoms with Gasteiger partial charge in [0.25, 0.3) is 0 Å². The van der Waals surface area contributed by atoms with Gasteiger partial charge in [-0.1, -0.05) is 37.5 Å². The van der Waals surface area contributed by atoms with Crippen LogP contribution in [-0.4, -0.2) is 18.6 Å². The summed E-state index contributed by atoms with van der Waals surface area (Å²) in [7, 11) is 1.78. The quantitative estimate of drug-likeness (QED) is 0.889. The Bertz CT molecular complexity index is 422. The van der Waals surface area contributed by atoms with Gasteiger partial charge in [-0.3, -0.25) is 4.79 Å². The summed E-state index contributed by atoms with van der Waals surface area (Å²) in [6.07, 6.45) is 6.59. The van der Waals surface area contributed by atoms with Crippen LogP contribution in [0.1, 0.15) is 48.0 Å². The smallest absolute Gasteiger partial charge is 0.248 e. The lowest BCUT2D eigenvalue weighted by atomic mass is 9.79. The zero-order valence-electron chi connectivity index (χ0n) is 10.9. The van der Waals surface area contributed by atoms with E-state index in [-0.39, 0.29) is 11.5 Å². The highest BCUT2D eigenvalue weighted by Gasteiger charge is 2.32. The average Bonchev–Trinajstić information content (AvgIpc) is 2.40. The molecule has 1 aromatic carbocycles. The fourth-order valence-electron chi connectivity index (χ4n) is 2.91. The highest BCUT2D eigenvalue weighted by atomic mass is 16.5. The van der Waals surface area contributed by atoms with Gasteiger partial charge in [0.05, 0.1) is 5.60 Å². The first-order chi connectivity index (χ1) is 8.67. The first kappa shape index (κ1) is 13.1. The zero-order chi connectivity index (χ0) is 13.0. The monoisotopic (exact) mass is 247 g/mol. The summed E-state index contributed by atoms with van der Waals surface area (Å²) in [5.74, 6) is -0.354. The summed E-state index contributed by atoms with van der Waals surface area (Å²) in [6.45, 7) is 0. The van der Waals surface area contributed by atoms with E-state index in [0.29, 0.717) is 5.56 Å². The van der Waals surface area contributed by atoms with Crippen LogP contribution in [0.2, 0.25) is 0 Å². The maximum atomic E-state index is 11.4. The number of hydrogen-bond acceptors (Lipinski definition) is 2. The fourth-order valence-corrected chi connectivity index (χ4v) is 2.91. The predicted octanol–water partition coefficient (Wildman–Crippen LogP) is 2.68. The third kappa shape index (κ3) is 2.72. The van der Waals surface area contributed by atoms with Crippen molar-refractivity contribution in [3.05, 3.63) is 35.4 Å². The number of ether oxygens (including phenoxy) is 1. The minimum Gasteiger partial charge on any atom is -0.378 e. The number of primary amides is 1. The topological polar surface area (TPSA) is 52.3 Å². The molecule has 0 radical (unpaired) electrons. The van der Waals surface area contributed by atoms with E-state index >= 15 is 0 Å². The van der Waals surface area contributed by atoms with Crippen LogP contribution >= 0.6 is 0 Å². The van der Waals surface area contributed by atoms with Crippen molar-refractivity contribution < 1.29 is 9.53 Å². The Morgan fingerprint density at radius 1 is 1.28 bits per heavy atom. The summed E-state index contributed by atoms with van der Waals surface area (Å²) in [5.41, 5.74) is 6.95. The lowest BCUT2D eigenvalue weighted by Crippen LogP contribution is -2.37. The Morgan fingerprint density at radius 3 is 2.56 bits per heavy atom. The largest absolute Gasteiger partial charge is 0.378 e. The van der Waals surface area contributed by atoms with E-state index in [4.69, 9.17) is 10.5 Å². The molecule has 1 aliphatic carbocycles. The number of nitrogens with two attached hydrogens (primary N) is 1. The second-order valence-corrected chi connectivity index (χ2v) is 5.15. The molecule has 1 aromatic rings. The van der Waals surface area contributed by atoms with Crippen molar-refractivity contribution in [2.24, 2.45) is 5.73 Å². The van der Waals surface area contributed by atoms with Gasteiger partial charge in [-0.25, -0.2) is 0 Å². The molecule has 2 rings (SSSR count). The summed E-state index contributed by atoms with van der Waals surface area (Å²) in [4.78, 5) is 11.4. The maximum absolute atomic E-state index is 11.4. The standard InChI is InChI=1S/C15H21NO2/c1-18-15(9-5-2-6-10-15)11-12-7-3-4-8-13(12)14(16)17/h3-4,7-8H,2,5-6,9-11H2,1H3,(H2,16,17). The molecule has 98 valence electrons. The van der Waals surface area contributed by atoms with Crippen molar-refractivity contribution in [3.8, 4) is 0 Å².